The second kappa shape index (κ2) is 6.48. The molecule has 2 aromatic heterocycles. The highest BCUT2D eigenvalue weighted by Crippen LogP contribution is 2.20. The van der Waals surface area contributed by atoms with Gasteiger partial charge in [0.05, 0.1) is 5.69 Å². The van der Waals surface area contributed by atoms with E-state index in [4.69, 9.17) is 11.6 Å². The lowest BCUT2D eigenvalue weighted by atomic mass is 10.2. The summed E-state index contributed by atoms with van der Waals surface area (Å²) in [5, 5.41) is 10.4. The van der Waals surface area contributed by atoms with Gasteiger partial charge in [-0.1, -0.05) is 16.8 Å². The topological polar surface area (TPSA) is 81.8 Å². The predicted octanol–water partition coefficient (Wildman–Crippen LogP) is 2.32. The number of hydrogen-bond acceptors (Lipinski definition) is 4. The van der Waals surface area contributed by atoms with Gasteiger partial charge in [-0.2, -0.15) is 0 Å². The summed E-state index contributed by atoms with van der Waals surface area (Å²) in [7, 11) is 1.57. The number of benzene rings is 1. The van der Waals surface area contributed by atoms with Crippen LogP contribution >= 0.6 is 11.6 Å². The minimum atomic E-state index is -0.610. The Balaban J connectivity index is 1.94. The number of aromatic nitrogens is 4. The number of nitrogens with one attached hydrogen (secondary N) is 1. The van der Waals surface area contributed by atoms with Gasteiger partial charge in [-0.25, -0.2) is 9.07 Å². The minimum absolute atomic E-state index is 0.0137. The van der Waals surface area contributed by atoms with Crippen LogP contribution in [0.25, 0.3) is 5.69 Å². The zero-order chi connectivity index (χ0) is 18.1. The summed E-state index contributed by atoms with van der Waals surface area (Å²) in [6.07, 6.45) is 1.57. The summed E-state index contributed by atoms with van der Waals surface area (Å²) in [5.74, 6) is -1.20. The summed E-state index contributed by atoms with van der Waals surface area (Å²) >= 11 is 5.74. The molecule has 7 nitrogen and oxygen atoms in total. The molecule has 0 radical (unpaired) electrons. The monoisotopic (exact) mass is 361 g/mol. The fourth-order valence-corrected chi connectivity index (χ4v) is 2.45. The third-order valence-corrected chi connectivity index (χ3v) is 3.85. The van der Waals surface area contributed by atoms with E-state index in [0.717, 1.165) is 6.07 Å². The molecule has 0 spiro atoms. The van der Waals surface area contributed by atoms with Crippen LogP contribution in [0.15, 0.2) is 41.3 Å². The molecule has 0 aliphatic rings. The third-order valence-electron chi connectivity index (χ3n) is 3.62. The fraction of sp³-hybridized carbons (Fsp3) is 0.125. The molecule has 1 amide bonds. The molecule has 0 aliphatic heterocycles. The first kappa shape index (κ1) is 16.8. The highest BCUT2D eigenvalue weighted by molar-refractivity contribution is 6.30. The molecule has 1 N–H and O–H groups in total. The molecule has 2 heterocycles. The largest absolute Gasteiger partial charge is 0.317 e. The molecule has 9 heteroatoms. The van der Waals surface area contributed by atoms with Crippen molar-refractivity contribution in [1.82, 2.24) is 19.6 Å². The quantitative estimate of drug-likeness (QED) is 0.776. The molecule has 3 aromatic rings. The number of amides is 1. The Labute approximate surface area is 146 Å². The molecule has 128 valence electrons. The van der Waals surface area contributed by atoms with Gasteiger partial charge in [-0.3, -0.25) is 9.59 Å². The lowest BCUT2D eigenvalue weighted by Gasteiger charge is -2.06. The number of carbonyl (C=O) groups excluding carboxylic acids is 1. The second-order valence-electron chi connectivity index (χ2n) is 5.32. The highest BCUT2D eigenvalue weighted by atomic mass is 35.5. The number of pyridine rings is 1. The van der Waals surface area contributed by atoms with E-state index in [1.165, 1.54) is 27.4 Å². The van der Waals surface area contributed by atoms with Crippen molar-refractivity contribution in [3.63, 3.8) is 0 Å². The van der Waals surface area contributed by atoms with Gasteiger partial charge in [0.15, 0.2) is 5.69 Å². The van der Waals surface area contributed by atoms with Gasteiger partial charge >= 0.3 is 0 Å². The average molecular weight is 362 g/mol. The van der Waals surface area contributed by atoms with Gasteiger partial charge in [0, 0.05) is 18.3 Å². The van der Waals surface area contributed by atoms with Crippen LogP contribution in [-0.4, -0.2) is 25.5 Å². The number of halogens is 2. The Morgan fingerprint density at radius 3 is 2.80 bits per heavy atom. The van der Waals surface area contributed by atoms with Gasteiger partial charge in [-0.05, 0) is 37.3 Å². The Bertz CT molecular complexity index is 1030. The van der Waals surface area contributed by atoms with Crippen molar-refractivity contribution in [3.8, 4) is 5.69 Å². The molecule has 0 unspecified atom stereocenters. The molecule has 3 rings (SSSR count). The zero-order valence-electron chi connectivity index (χ0n) is 13.3. The van der Waals surface area contributed by atoms with Crippen molar-refractivity contribution in [2.45, 2.75) is 6.92 Å². The van der Waals surface area contributed by atoms with Crippen LogP contribution in [0.5, 0.6) is 0 Å². The summed E-state index contributed by atoms with van der Waals surface area (Å²) < 4.78 is 16.6. The highest BCUT2D eigenvalue weighted by Gasteiger charge is 2.20. The van der Waals surface area contributed by atoms with Gasteiger partial charge < -0.3 is 9.88 Å². The number of rotatable bonds is 3. The summed E-state index contributed by atoms with van der Waals surface area (Å²) in [6, 6.07) is 7.20. The number of carbonyl (C=O) groups is 1. The smallest absolute Gasteiger partial charge is 0.278 e. The van der Waals surface area contributed by atoms with E-state index in [-0.39, 0.29) is 27.7 Å². The van der Waals surface area contributed by atoms with Crippen LogP contribution < -0.4 is 10.9 Å². The molecule has 1 aromatic carbocycles. The molecule has 25 heavy (non-hydrogen) atoms. The van der Waals surface area contributed by atoms with Crippen molar-refractivity contribution in [3.05, 3.63) is 69.1 Å². The number of nitrogens with zero attached hydrogens (tertiary/aromatic N) is 4. The standard InChI is InChI=1S/C16H13ClFN5O2/c1-9-14(15(24)19-12-4-3-7-22(2)16(12)25)20-21-23(9)13-6-5-10(17)8-11(13)18/h3-8H,1-2H3,(H,19,24). The average Bonchev–Trinajstić information content (AvgIpc) is 2.93. The maximum absolute atomic E-state index is 14.1. The summed E-state index contributed by atoms with van der Waals surface area (Å²) in [5.41, 5.74) is 0.182. The summed E-state index contributed by atoms with van der Waals surface area (Å²) in [4.78, 5) is 24.4. The van der Waals surface area contributed by atoms with Crippen molar-refractivity contribution >= 4 is 23.2 Å². The Kier molecular flexibility index (Phi) is 4.37. The van der Waals surface area contributed by atoms with E-state index in [0.29, 0.717) is 5.69 Å². The molecule has 0 saturated heterocycles. The third kappa shape index (κ3) is 3.16. The van der Waals surface area contributed by atoms with Crippen LogP contribution in [-0.2, 0) is 7.05 Å². The van der Waals surface area contributed by atoms with Crippen molar-refractivity contribution in [1.29, 1.82) is 0 Å². The fourth-order valence-electron chi connectivity index (χ4n) is 2.29. The lowest BCUT2D eigenvalue weighted by molar-refractivity contribution is 0.102. The van der Waals surface area contributed by atoms with Gasteiger partial charge in [0.25, 0.3) is 11.5 Å². The maximum Gasteiger partial charge on any atom is 0.278 e. The van der Waals surface area contributed by atoms with E-state index >= 15 is 0 Å². The Hall–Kier alpha value is -3.00. The molecule has 0 bridgehead atoms. The van der Waals surface area contributed by atoms with Crippen molar-refractivity contribution in [2.24, 2.45) is 7.05 Å². The Morgan fingerprint density at radius 1 is 1.32 bits per heavy atom. The molecular weight excluding hydrogens is 349 g/mol. The molecule has 0 saturated carbocycles. The maximum atomic E-state index is 14.1. The molecular formula is C16H13ClFN5O2. The minimum Gasteiger partial charge on any atom is -0.317 e. The SMILES string of the molecule is Cc1c(C(=O)Nc2cccn(C)c2=O)nnn1-c1ccc(Cl)cc1F. The van der Waals surface area contributed by atoms with Crippen LogP contribution in [0.4, 0.5) is 10.1 Å². The van der Waals surface area contributed by atoms with E-state index in [9.17, 15) is 14.0 Å². The summed E-state index contributed by atoms with van der Waals surface area (Å²) in [6.45, 7) is 1.58. The zero-order valence-corrected chi connectivity index (χ0v) is 14.1. The van der Waals surface area contributed by atoms with Crippen LogP contribution in [0.3, 0.4) is 0 Å². The first-order chi connectivity index (χ1) is 11.9. The van der Waals surface area contributed by atoms with E-state index in [2.05, 4.69) is 15.6 Å². The van der Waals surface area contributed by atoms with Gasteiger partial charge in [0.1, 0.15) is 17.2 Å². The van der Waals surface area contributed by atoms with Gasteiger partial charge in [0.2, 0.25) is 0 Å². The van der Waals surface area contributed by atoms with Crippen LogP contribution in [0, 0.1) is 12.7 Å². The van der Waals surface area contributed by atoms with Crippen LogP contribution in [0.2, 0.25) is 5.02 Å². The van der Waals surface area contributed by atoms with Crippen LogP contribution in [0.1, 0.15) is 16.2 Å². The van der Waals surface area contributed by atoms with Crippen molar-refractivity contribution < 1.29 is 9.18 Å². The number of anilines is 1. The first-order valence-corrected chi connectivity index (χ1v) is 7.61. The number of aryl methyl sites for hydroxylation is 1. The first-order valence-electron chi connectivity index (χ1n) is 7.23. The molecule has 0 atom stereocenters. The van der Waals surface area contributed by atoms with E-state index < -0.39 is 11.7 Å². The normalized spacial score (nSPS) is 10.7. The number of hydrogen-bond donors (Lipinski definition) is 1. The molecule has 0 aliphatic carbocycles. The Morgan fingerprint density at radius 2 is 2.08 bits per heavy atom. The lowest BCUT2D eigenvalue weighted by Crippen LogP contribution is -2.24. The second-order valence-corrected chi connectivity index (χ2v) is 5.76. The van der Waals surface area contributed by atoms with E-state index in [1.807, 2.05) is 0 Å². The van der Waals surface area contributed by atoms with Crippen molar-refractivity contribution in [2.75, 3.05) is 5.32 Å². The predicted molar refractivity (Wildman–Crippen MR) is 90.7 cm³/mol. The molecule has 0 fully saturated rings. The van der Waals surface area contributed by atoms with E-state index in [1.54, 1.807) is 26.2 Å². The van der Waals surface area contributed by atoms with Gasteiger partial charge in [-0.15, -0.1) is 5.10 Å².